The molecule has 2 rings (SSSR count). The number of aryl methyl sites for hydroxylation is 1. The van der Waals surface area contributed by atoms with E-state index in [1.807, 2.05) is 24.3 Å². The quantitative estimate of drug-likeness (QED) is 0.528. The van der Waals surface area contributed by atoms with Crippen molar-refractivity contribution < 1.29 is 4.79 Å². The molecule has 0 fully saturated rings. The van der Waals surface area contributed by atoms with Gasteiger partial charge in [-0.2, -0.15) is 0 Å². The van der Waals surface area contributed by atoms with Crippen molar-refractivity contribution in [3.63, 3.8) is 0 Å². The summed E-state index contributed by atoms with van der Waals surface area (Å²) in [7, 11) is 0. The molecule has 0 unspecified atom stereocenters. The summed E-state index contributed by atoms with van der Waals surface area (Å²) in [4.78, 5) is 11.2. The first kappa shape index (κ1) is 13.5. The number of unbranched alkanes of at least 4 members (excludes halogenated alkanes) is 2. The van der Waals surface area contributed by atoms with Crippen molar-refractivity contribution in [3.05, 3.63) is 59.7 Å². The van der Waals surface area contributed by atoms with Crippen LogP contribution in [0.5, 0.6) is 0 Å². The zero-order valence-electron chi connectivity index (χ0n) is 11.4. The van der Waals surface area contributed by atoms with Crippen molar-refractivity contribution in [1.82, 2.24) is 0 Å². The topological polar surface area (TPSA) is 17.1 Å². The molecule has 0 aliphatic heterocycles. The zero-order chi connectivity index (χ0) is 13.5. The van der Waals surface area contributed by atoms with Gasteiger partial charge in [0.1, 0.15) is 0 Å². The van der Waals surface area contributed by atoms with E-state index in [1.165, 1.54) is 24.8 Å². The van der Waals surface area contributed by atoms with E-state index < -0.39 is 0 Å². The largest absolute Gasteiger partial charge is 0.298 e. The third-order valence-electron chi connectivity index (χ3n) is 3.40. The minimum Gasteiger partial charge on any atom is -0.298 e. The first-order valence-electron chi connectivity index (χ1n) is 6.98. The molecule has 0 radical (unpaired) electrons. The van der Waals surface area contributed by atoms with Crippen LogP contribution in [-0.4, -0.2) is 6.29 Å². The molecule has 0 heterocycles. The number of aldehydes is 1. The van der Waals surface area contributed by atoms with Gasteiger partial charge < -0.3 is 0 Å². The highest BCUT2D eigenvalue weighted by Crippen LogP contribution is 2.24. The molecule has 0 aliphatic rings. The first-order chi connectivity index (χ1) is 9.35. The number of hydrogen-bond donors (Lipinski definition) is 0. The van der Waals surface area contributed by atoms with E-state index in [0.717, 1.165) is 29.4 Å². The molecule has 2 aromatic rings. The summed E-state index contributed by atoms with van der Waals surface area (Å²) in [6.07, 6.45) is 5.74. The van der Waals surface area contributed by atoms with Crippen LogP contribution in [0.1, 0.15) is 42.1 Å². The van der Waals surface area contributed by atoms with Gasteiger partial charge in [-0.3, -0.25) is 4.79 Å². The molecule has 0 amide bonds. The molecule has 0 N–H and O–H groups in total. The highest BCUT2D eigenvalue weighted by atomic mass is 16.1. The van der Waals surface area contributed by atoms with Crippen LogP contribution in [-0.2, 0) is 6.42 Å². The summed E-state index contributed by atoms with van der Waals surface area (Å²) in [5.41, 5.74) is 4.25. The fraction of sp³-hybridized carbons (Fsp3) is 0.278. The van der Waals surface area contributed by atoms with Crippen molar-refractivity contribution in [1.29, 1.82) is 0 Å². The van der Waals surface area contributed by atoms with Gasteiger partial charge >= 0.3 is 0 Å². The molecule has 0 atom stereocenters. The summed E-state index contributed by atoms with van der Waals surface area (Å²) >= 11 is 0. The molecule has 98 valence electrons. The molecule has 0 saturated carbocycles. The Hall–Kier alpha value is -1.89. The summed E-state index contributed by atoms with van der Waals surface area (Å²) in [6.45, 7) is 2.21. The van der Waals surface area contributed by atoms with E-state index in [9.17, 15) is 4.79 Å². The van der Waals surface area contributed by atoms with Gasteiger partial charge in [0.2, 0.25) is 0 Å². The van der Waals surface area contributed by atoms with Crippen LogP contribution in [0, 0.1) is 0 Å². The zero-order valence-corrected chi connectivity index (χ0v) is 11.4. The number of carbonyl (C=O) groups excluding carboxylic acids is 1. The smallest absolute Gasteiger partial charge is 0.150 e. The van der Waals surface area contributed by atoms with Crippen molar-refractivity contribution in [2.45, 2.75) is 32.6 Å². The van der Waals surface area contributed by atoms with Crippen molar-refractivity contribution in [2.24, 2.45) is 0 Å². The first-order valence-corrected chi connectivity index (χ1v) is 6.98. The predicted octanol–water partition coefficient (Wildman–Crippen LogP) is 4.90. The van der Waals surface area contributed by atoms with E-state index in [0.29, 0.717) is 0 Å². The second kappa shape index (κ2) is 6.89. The lowest BCUT2D eigenvalue weighted by atomic mass is 9.96. The molecular weight excluding hydrogens is 232 g/mol. The summed E-state index contributed by atoms with van der Waals surface area (Å²) in [6, 6.07) is 16.3. The molecule has 0 aromatic heterocycles. The van der Waals surface area contributed by atoms with Crippen LogP contribution in [0.25, 0.3) is 11.1 Å². The molecular formula is C18H20O. The fourth-order valence-electron chi connectivity index (χ4n) is 2.31. The molecule has 2 aromatic carbocycles. The van der Waals surface area contributed by atoms with E-state index in [2.05, 4.69) is 31.2 Å². The van der Waals surface area contributed by atoms with Crippen LogP contribution in [0.4, 0.5) is 0 Å². The lowest BCUT2D eigenvalue weighted by Gasteiger charge is -2.08. The van der Waals surface area contributed by atoms with Gasteiger partial charge in [-0.15, -0.1) is 0 Å². The van der Waals surface area contributed by atoms with Crippen LogP contribution < -0.4 is 0 Å². The Morgan fingerprint density at radius 3 is 2.47 bits per heavy atom. The lowest BCUT2D eigenvalue weighted by molar-refractivity contribution is 0.112. The van der Waals surface area contributed by atoms with Crippen LogP contribution >= 0.6 is 0 Å². The molecule has 0 bridgehead atoms. The van der Waals surface area contributed by atoms with E-state index in [4.69, 9.17) is 0 Å². The molecule has 0 saturated heterocycles. The van der Waals surface area contributed by atoms with Crippen molar-refractivity contribution >= 4 is 6.29 Å². The summed E-state index contributed by atoms with van der Waals surface area (Å²) < 4.78 is 0. The maximum absolute atomic E-state index is 11.2. The lowest BCUT2D eigenvalue weighted by Crippen LogP contribution is -1.92. The second-order valence-corrected chi connectivity index (χ2v) is 4.86. The molecule has 19 heavy (non-hydrogen) atoms. The van der Waals surface area contributed by atoms with Crippen LogP contribution in [0.15, 0.2) is 48.5 Å². The Balaban J connectivity index is 2.29. The molecule has 1 heteroatoms. The van der Waals surface area contributed by atoms with Gasteiger partial charge in [0.05, 0.1) is 0 Å². The minimum absolute atomic E-state index is 0.769. The maximum atomic E-state index is 11.2. The van der Waals surface area contributed by atoms with Crippen LogP contribution in [0.2, 0.25) is 0 Å². The number of carbonyl (C=O) groups is 1. The maximum Gasteiger partial charge on any atom is 0.150 e. The summed E-state index contributed by atoms with van der Waals surface area (Å²) in [5, 5.41) is 0. The summed E-state index contributed by atoms with van der Waals surface area (Å²) in [5.74, 6) is 0. The van der Waals surface area contributed by atoms with Gasteiger partial charge in [0.25, 0.3) is 0 Å². The van der Waals surface area contributed by atoms with E-state index in [-0.39, 0.29) is 0 Å². The van der Waals surface area contributed by atoms with Crippen molar-refractivity contribution in [3.8, 4) is 11.1 Å². The average Bonchev–Trinajstić information content (AvgIpc) is 2.48. The van der Waals surface area contributed by atoms with Gasteiger partial charge in [0, 0.05) is 5.56 Å². The monoisotopic (exact) mass is 252 g/mol. The Kier molecular flexibility index (Phi) is 4.91. The fourth-order valence-corrected chi connectivity index (χ4v) is 2.31. The molecule has 0 spiro atoms. The average molecular weight is 252 g/mol. The van der Waals surface area contributed by atoms with E-state index in [1.54, 1.807) is 0 Å². The van der Waals surface area contributed by atoms with Gasteiger partial charge in [-0.1, -0.05) is 68.3 Å². The van der Waals surface area contributed by atoms with Gasteiger partial charge in [0.15, 0.2) is 6.29 Å². The molecule has 0 aliphatic carbocycles. The Morgan fingerprint density at radius 2 is 1.79 bits per heavy atom. The Labute approximate surface area is 115 Å². The third kappa shape index (κ3) is 3.54. The Bertz CT molecular complexity index is 529. The second-order valence-electron chi connectivity index (χ2n) is 4.86. The number of rotatable bonds is 6. The highest BCUT2D eigenvalue weighted by molar-refractivity contribution is 5.87. The molecule has 1 nitrogen and oxygen atoms in total. The third-order valence-corrected chi connectivity index (χ3v) is 3.40. The SMILES string of the molecule is CCCCCc1ccc(C=O)c(-c2ccccc2)c1. The Morgan fingerprint density at radius 1 is 1.00 bits per heavy atom. The highest BCUT2D eigenvalue weighted by Gasteiger charge is 2.05. The van der Waals surface area contributed by atoms with Crippen molar-refractivity contribution in [2.75, 3.05) is 0 Å². The number of hydrogen-bond acceptors (Lipinski definition) is 1. The van der Waals surface area contributed by atoms with Gasteiger partial charge in [-0.25, -0.2) is 0 Å². The number of benzene rings is 2. The normalized spacial score (nSPS) is 10.4. The van der Waals surface area contributed by atoms with Crippen LogP contribution in [0.3, 0.4) is 0 Å². The van der Waals surface area contributed by atoms with E-state index >= 15 is 0 Å². The standard InChI is InChI=1S/C18H20O/c1-2-3-5-8-15-11-12-17(14-19)18(13-15)16-9-6-4-7-10-16/h4,6-7,9-14H,2-3,5,8H2,1H3. The predicted molar refractivity (Wildman–Crippen MR) is 80.5 cm³/mol. The minimum atomic E-state index is 0.769. The van der Waals surface area contributed by atoms with Gasteiger partial charge in [-0.05, 0) is 29.5 Å².